The molecule has 15 heavy (non-hydrogen) atoms. The molecule has 0 fully saturated rings. The van der Waals surface area contributed by atoms with Gasteiger partial charge in [0, 0.05) is 32.9 Å². The van der Waals surface area contributed by atoms with Crippen LogP contribution in [-0.4, -0.2) is 29.5 Å². The third-order valence-corrected chi connectivity index (χ3v) is 2.47. The van der Waals surface area contributed by atoms with Crippen molar-refractivity contribution >= 4 is 0 Å². The fourth-order valence-electron chi connectivity index (χ4n) is 1.46. The summed E-state index contributed by atoms with van der Waals surface area (Å²) in [5.74, 6) is 0.564. The number of methoxy groups -OCH3 is 1. The lowest BCUT2D eigenvalue weighted by atomic mass is 10.1. The van der Waals surface area contributed by atoms with Crippen molar-refractivity contribution in [2.75, 3.05) is 13.7 Å². The molecule has 1 aromatic rings. The van der Waals surface area contributed by atoms with Gasteiger partial charge in [-0.3, -0.25) is 4.68 Å². The van der Waals surface area contributed by atoms with Crippen molar-refractivity contribution < 1.29 is 4.74 Å². The fourth-order valence-corrected chi connectivity index (χ4v) is 1.46. The second-order valence-corrected chi connectivity index (χ2v) is 4.17. The van der Waals surface area contributed by atoms with Gasteiger partial charge in [0.15, 0.2) is 0 Å². The number of ether oxygens (including phenoxy) is 1. The number of nitrogens with zero attached hydrogens (tertiary/aromatic N) is 2. The minimum atomic E-state index is 0.386. The summed E-state index contributed by atoms with van der Waals surface area (Å²) in [6, 6.07) is 2.41. The highest BCUT2D eigenvalue weighted by molar-refractivity contribution is 4.98. The van der Waals surface area contributed by atoms with Gasteiger partial charge in [-0.25, -0.2) is 0 Å². The van der Waals surface area contributed by atoms with E-state index in [2.05, 4.69) is 24.3 Å². The lowest BCUT2D eigenvalue weighted by molar-refractivity contribution is 0.146. The molecule has 1 atom stereocenters. The van der Waals surface area contributed by atoms with E-state index in [1.165, 1.54) is 0 Å². The van der Waals surface area contributed by atoms with Crippen molar-refractivity contribution in [3.05, 3.63) is 18.0 Å². The summed E-state index contributed by atoms with van der Waals surface area (Å²) in [4.78, 5) is 0. The van der Waals surface area contributed by atoms with E-state index >= 15 is 0 Å². The van der Waals surface area contributed by atoms with Crippen molar-refractivity contribution in [1.29, 1.82) is 0 Å². The van der Waals surface area contributed by atoms with Crippen LogP contribution < -0.4 is 5.32 Å². The molecule has 0 saturated heterocycles. The van der Waals surface area contributed by atoms with Crippen molar-refractivity contribution in [1.82, 2.24) is 15.1 Å². The lowest BCUT2D eigenvalue weighted by Crippen LogP contribution is -2.37. The second kappa shape index (κ2) is 5.88. The van der Waals surface area contributed by atoms with Gasteiger partial charge in [0.1, 0.15) is 0 Å². The van der Waals surface area contributed by atoms with E-state index in [9.17, 15) is 0 Å². The van der Waals surface area contributed by atoms with Crippen LogP contribution in [0.15, 0.2) is 12.3 Å². The van der Waals surface area contributed by atoms with Crippen LogP contribution in [0, 0.1) is 5.92 Å². The summed E-state index contributed by atoms with van der Waals surface area (Å²) in [6.45, 7) is 5.92. The average Bonchev–Trinajstić information content (AvgIpc) is 2.58. The van der Waals surface area contributed by atoms with Crippen molar-refractivity contribution in [2.24, 2.45) is 13.0 Å². The van der Waals surface area contributed by atoms with Gasteiger partial charge in [-0.05, 0) is 12.0 Å². The Morgan fingerprint density at radius 1 is 1.53 bits per heavy atom. The molecule has 0 aromatic carbocycles. The Hall–Kier alpha value is -0.870. The maximum absolute atomic E-state index is 5.17. The van der Waals surface area contributed by atoms with Gasteiger partial charge in [0.2, 0.25) is 0 Å². The van der Waals surface area contributed by atoms with Crippen LogP contribution in [0.2, 0.25) is 0 Å². The standard InChI is InChI=1S/C11H21N3O/c1-9(2)11(8-15-4)12-7-10-5-6-14(3)13-10/h5-6,9,11-12H,7-8H2,1-4H3. The Morgan fingerprint density at radius 3 is 2.73 bits per heavy atom. The molecule has 1 N–H and O–H groups in total. The molecule has 0 bridgehead atoms. The van der Waals surface area contributed by atoms with Crippen LogP contribution in [0.5, 0.6) is 0 Å². The molecular weight excluding hydrogens is 190 g/mol. The fraction of sp³-hybridized carbons (Fsp3) is 0.727. The molecule has 86 valence electrons. The Kier molecular flexibility index (Phi) is 4.78. The van der Waals surface area contributed by atoms with Gasteiger partial charge in [-0.15, -0.1) is 0 Å². The lowest BCUT2D eigenvalue weighted by Gasteiger charge is -2.20. The Balaban J connectivity index is 2.39. The summed E-state index contributed by atoms with van der Waals surface area (Å²) in [7, 11) is 3.66. The van der Waals surface area contributed by atoms with E-state index in [4.69, 9.17) is 4.74 Å². The molecule has 1 aromatic heterocycles. The minimum Gasteiger partial charge on any atom is -0.383 e. The molecule has 4 nitrogen and oxygen atoms in total. The number of hydrogen-bond acceptors (Lipinski definition) is 3. The zero-order chi connectivity index (χ0) is 11.3. The first-order valence-electron chi connectivity index (χ1n) is 5.34. The maximum atomic E-state index is 5.17. The van der Waals surface area contributed by atoms with Crippen LogP contribution in [0.25, 0.3) is 0 Å². The smallest absolute Gasteiger partial charge is 0.0762 e. The van der Waals surface area contributed by atoms with Gasteiger partial charge in [-0.1, -0.05) is 13.8 Å². The van der Waals surface area contributed by atoms with Crippen LogP contribution in [-0.2, 0) is 18.3 Å². The monoisotopic (exact) mass is 211 g/mol. The third kappa shape index (κ3) is 4.01. The van der Waals surface area contributed by atoms with E-state index < -0.39 is 0 Å². The zero-order valence-corrected chi connectivity index (χ0v) is 10.0. The van der Waals surface area contributed by atoms with E-state index in [1.807, 2.05) is 24.0 Å². The molecule has 1 rings (SSSR count). The third-order valence-electron chi connectivity index (χ3n) is 2.47. The first-order valence-corrected chi connectivity index (χ1v) is 5.34. The number of nitrogens with one attached hydrogen (secondary N) is 1. The topological polar surface area (TPSA) is 39.1 Å². The summed E-state index contributed by atoms with van der Waals surface area (Å²) in [6.07, 6.45) is 1.96. The molecule has 0 saturated carbocycles. The summed E-state index contributed by atoms with van der Waals surface area (Å²) < 4.78 is 6.99. The predicted molar refractivity (Wildman–Crippen MR) is 60.5 cm³/mol. The Bertz CT molecular complexity index is 283. The maximum Gasteiger partial charge on any atom is 0.0762 e. The van der Waals surface area contributed by atoms with E-state index in [0.717, 1.165) is 18.8 Å². The number of aryl methyl sites for hydroxylation is 1. The predicted octanol–water partition coefficient (Wildman–Crippen LogP) is 1.18. The molecule has 0 radical (unpaired) electrons. The minimum absolute atomic E-state index is 0.386. The molecule has 0 aliphatic carbocycles. The molecule has 0 aliphatic rings. The van der Waals surface area contributed by atoms with Gasteiger partial charge in [0.25, 0.3) is 0 Å². The molecule has 0 aliphatic heterocycles. The van der Waals surface area contributed by atoms with E-state index in [-0.39, 0.29) is 0 Å². The van der Waals surface area contributed by atoms with Crippen molar-refractivity contribution in [3.63, 3.8) is 0 Å². The largest absolute Gasteiger partial charge is 0.383 e. The highest BCUT2D eigenvalue weighted by atomic mass is 16.5. The Morgan fingerprint density at radius 2 is 2.27 bits per heavy atom. The summed E-state index contributed by atoms with van der Waals surface area (Å²) in [5, 5.41) is 7.76. The first kappa shape index (κ1) is 12.2. The molecule has 1 unspecified atom stereocenters. The molecule has 4 heteroatoms. The van der Waals surface area contributed by atoms with Crippen LogP contribution in [0.1, 0.15) is 19.5 Å². The number of rotatable bonds is 6. The average molecular weight is 211 g/mol. The zero-order valence-electron chi connectivity index (χ0n) is 10.0. The molecule has 1 heterocycles. The first-order chi connectivity index (χ1) is 7.13. The van der Waals surface area contributed by atoms with Gasteiger partial charge < -0.3 is 10.1 Å². The van der Waals surface area contributed by atoms with E-state index in [0.29, 0.717) is 12.0 Å². The SMILES string of the molecule is COCC(NCc1ccn(C)n1)C(C)C. The highest BCUT2D eigenvalue weighted by Crippen LogP contribution is 2.03. The number of hydrogen-bond donors (Lipinski definition) is 1. The van der Waals surface area contributed by atoms with Gasteiger partial charge in [0.05, 0.1) is 12.3 Å². The molecular formula is C11H21N3O. The van der Waals surface area contributed by atoms with E-state index in [1.54, 1.807) is 7.11 Å². The van der Waals surface area contributed by atoms with Crippen LogP contribution >= 0.6 is 0 Å². The van der Waals surface area contributed by atoms with Gasteiger partial charge in [-0.2, -0.15) is 5.10 Å². The van der Waals surface area contributed by atoms with Crippen molar-refractivity contribution in [2.45, 2.75) is 26.4 Å². The summed E-state index contributed by atoms with van der Waals surface area (Å²) >= 11 is 0. The highest BCUT2D eigenvalue weighted by Gasteiger charge is 2.12. The van der Waals surface area contributed by atoms with Gasteiger partial charge >= 0.3 is 0 Å². The molecule has 0 amide bonds. The Labute approximate surface area is 91.6 Å². The van der Waals surface area contributed by atoms with Crippen molar-refractivity contribution in [3.8, 4) is 0 Å². The molecule has 0 spiro atoms. The quantitative estimate of drug-likeness (QED) is 0.768. The number of aromatic nitrogens is 2. The second-order valence-electron chi connectivity index (χ2n) is 4.17. The normalized spacial score (nSPS) is 13.4. The van der Waals surface area contributed by atoms with Crippen LogP contribution in [0.4, 0.5) is 0 Å². The summed E-state index contributed by atoms with van der Waals surface area (Å²) in [5.41, 5.74) is 1.07. The van der Waals surface area contributed by atoms with Crippen LogP contribution in [0.3, 0.4) is 0 Å².